The molecule has 0 aromatic heterocycles. The standard InChI is InChI=1S/C19H38N4O.HI/c1-4-20-19(22-15-18(23(2)3)16-11-12-16)21-13-8-14-24-17-9-6-5-7-10-17;/h16-18H,4-15H2,1-3H3,(H2,20,21,22);1H. The highest BCUT2D eigenvalue weighted by atomic mass is 127. The van der Waals surface area contributed by atoms with E-state index in [4.69, 9.17) is 9.73 Å². The summed E-state index contributed by atoms with van der Waals surface area (Å²) in [6.45, 7) is 5.69. The molecule has 2 N–H and O–H groups in total. The summed E-state index contributed by atoms with van der Waals surface area (Å²) < 4.78 is 5.99. The van der Waals surface area contributed by atoms with Crippen LogP contribution in [0.1, 0.15) is 58.3 Å². The van der Waals surface area contributed by atoms with Crippen molar-refractivity contribution in [3.8, 4) is 0 Å². The Morgan fingerprint density at radius 3 is 2.44 bits per heavy atom. The fourth-order valence-corrected chi connectivity index (χ4v) is 3.50. The molecule has 25 heavy (non-hydrogen) atoms. The Bertz CT molecular complexity index is 366. The largest absolute Gasteiger partial charge is 0.378 e. The maximum Gasteiger partial charge on any atom is 0.191 e. The summed E-state index contributed by atoms with van der Waals surface area (Å²) in [5.41, 5.74) is 0. The molecule has 5 nitrogen and oxygen atoms in total. The molecule has 0 spiro atoms. The Kier molecular flexibility index (Phi) is 12.1. The van der Waals surface area contributed by atoms with Gasteiger partial charge >= 0.3 is 0 Å². The van der Waals surface area contributed by atoms with Crippen LogP contribution in [0.3, 0.4) is 0 Å². The molecule has 1 atom stereocenters. The molecule has 1 unspecified atom stereocenters. The molecule has 0 heterocycles. The predicted molar refractivity (Wildman–Crippen MR) is 117 cm³/mol. The summed E-state index contributed by atoms with van der Waals surface area (Å²) in [5, 5.41) is 6.81. The number of ether oxygens (including phenoxy) is 1. The van der Waals surface area contributed by atoms with Crippen molar-refractivity contribution in [2.45, 2.75) is 70.4 Å². The molecule has 2 fully saturated rings. The van der Waals surface area contributed by atoms with E-state index in [0.29, 0.717) is 12.1 Å². The monoisotopic (exact) mass is 466 g/mol. The highest BCUT2D eigenvalue weighted by molar-refractivity contribution is 14.0. The van der Waals surface area contributed by atoms with Crippen LogP contribution >= 0.6 is 24.0 Å². The van der Waals surface area contributed by atoms with Crippen LogP contribution in [0.4, 0.5) is 0 Å². The van der Waals surface area contributed by atoms with Gasteiger partial charge < -0.3 is 20.3 Å². The second-order valence-corrected chi connectivity index (χ2v) is 7.50. The molecule has 2 rings (SSSR count). The van der Waals surface area contributed by atoms with Gasteiger partial charge in [0.25, 0.3) is 0 Å². The summed E-state index contributed by atoms with van der Waals surface area (Å²) in [6.07, 6.45) is 10.9. The lowest BCUT2D eigenvalue weighted by atomic mass is 9.98. The van der Waals surface area contributed by atoms with E-state index in [1.807, 2.05) is 0 Å². The van der Waals surface area contributed by atoms with Gasteiger partial charge in [0, 0.05) is 25.7 Å². The van der Waals surface area contributed by atoms with Crippen LogP contribution in [0.2, 0.25) is 0 Å². The first-order valence-corrected chi connectivity index (χ1v) is 10.0. The summed E-state index contributed by atoms with van der Waals surface area (Å²) in [5.74, 6) is 1.79. The first-order valence-electron chi connectivity index (χ1n) is 10.0. The lowest BCUT2D eigenvalue weighted by molar-refractivity contribution is 0.0277. The van der Waals surface area contributed by atoms with Crippen LogP contribution in [0.15, 0.2) is 4.99 Å². The van der Waals surface area contributed by atoms with Crippen molar-refractivity contribution in [2.24, 2.45) is 10.9 Å². The highest BCUT2D eigenvalue weighted by Gasteiger charge is 2.32. The number of hydrogen-bond donors (Lipinski definition) is 2. The molecule has 148 valence electrons. The van der Waals surface area contributed by atoms with Crippen LogP contribution in [0.5, 0.6) is 0 Å². The van der Waals surface area contributed by atoms with Crippen LogP contribution in [-0.4, -0.2) is 63.3 Å². The third-order valence-corrected chi connectivity index (χ3v) is 5.13. The maximum absolute atomic E-state index is 5.99. The van der Waals surface area contributed by atoms with Crippen molar-refractivity contribution in [1.29, 1.82) is 0 Å². The zero-order valence-corrected chi connectivity index (χ0v) is 18.8. The van der Waals surface area contributed by atoms with E-state index in [0.717, 1.165) is 44.5 Å². The fraction of sp³-hybridized carbons (Fsp3) is 0.947. The van der Waals surface area contributed by atoms with Crippen LogP contribution in [-0.2, 0) is 4.74 Å². The van der Waals surface area contributed by atoms with Crippen molar-refractivity contribution in [3.05, 3.63) is 0 Å². The lowest BCUT2D eigenvalue weighted by Gasteiger charge is -2.23. The van der Waals surface area contributed by atoms with E-state index >= 15 is 0 Å². The first kappa shape index (κ1) is 23.0. The third kappa shape index (κ3) is 9.43. The molecule has 6 heteroatoms. The van der Waals surface area contributed by atoms with Crippen molar-refractivity contribution in [2.75, 3.05) is 40.3 Å². The topological polar surface area (TPSA) is 48.9 Å². The summed E-state index contributed by atoms with van der Waals surface area (Å²) in [6, 6.07) is 0.579. The summed E-state index contributed by atoms with van der Waals surface area (Å²) in [7, 11) is 4.34. The second kappa shape index (κ2) is 13.1. The van der Waals surface area contributed by atoms with E-state index in [1.165, 1.54) is 44.9 Å². The average molecular weight is 466 g/mol. The number of likely N-dealkylation sites (N-methyl/N-ethyl adjacent to an activating group) is 1. The van der Waals surface area contributed by atoms with Crippen molar-refractivity contribution in [1.82, 2.24) is 15.5 Å². The van der Waals surface area contributed by atoms with Gasteiger partial charge in [0.2, 0.25) is 0 Å². The molecule has 0 aliphatic heterocycles. The summed E-state index contributed by atoms with van der Waals surface area (Å²) >= 11 is 0. The van der Waals surface area contributed by atoms with Crippen LogP contribution < -0.4 is 10.6 Å². The molecule has 0 aromatic carbocycles. The molecule has 2 saturated carbocycles. The molecule has 0 saturated heterocycles. The molecule has 0 amide bonds. The lowest BCUT2D eigenvalue weighted by Crippen LogP contribution is -2.40. The number of aliphatic imine (C=N–C) groups is 1. The van der Waals surface area contributed by atoms with E-state index in [1.54, 1.807) is 0 Å². The molecule has 2 aliphatic rings. The van der Waals surface area contributed by atoms with Crippen molar-refractivity contribution < 1.29 is 4.74 Å². The molecular weight excluding hydrogens is 427 g/mol. The van der Waals surface area contributed by atoms with E-state index in [-0.39, 0.29) is 24.0 Å². The molecule has 0 radical (unpaired) electrons. The molecule has 0 bridgehead atoms. The van der Waals surface area contributed by atoms with Crippen molar-refractivity contribution in [3.63, 3.8) is 0 Å². The van der Waals surface area contributed by atoms with Gasteiger partial charge in [-0.25, -0.2) is 0 Å². The SMILES string of the molecule is CCNC(=NCC(C1CC1)N(C)C)NCCCOC1CCCCC1.I. The van der Waals surface area contributed by atoms with Gasteiger partial charge in [0.15, 0.2) is 5.96 Å². The Hall–Kier alpha value is -0.0800. The Labute approximate surface area is 171 Å². The fourth-order valence-electron chi connectivity index (χ4n) is 3.50. The third-order valence-electron chi connectivity index (χ3n) is 5.13. The second-order valence-electron chi connectivity index (χ2n) is 7.50. The first-order chi connectivity index (χ1) is 11.7. The average Bonchev–Trinajstić information content (AvgIpc) is 3.40. The number of guanidine groups is 1. The minimum absolute atomic E-state index is 0. The smallest absolute Gasteiger partial charge is 0.191 e. The minimum atomic E-state index is 0. The molecule has 0 aromatic rings. The number of nitrogens with zero attached hydrogens (tertiary/aromatic N) is 2. The van der Waals surface area contributed by atoms with E-state index in [2.05, 4.69) is 36.6 Å². The Morgan fingerprint density at radius 1 is 1.12 bits per heavy atom. The van der Waals surface area contributed by atoms with Gasteiger partial charge in [-0.1, -0.05) is 19.3 Å². The normalized spacial score (nSPS) is 20.2. The van der Waals surface area contributed by atoms with Gasteiger partial charge in [-0.2, -0.15) is 0 Å². The molecular formula is C19H39IN4O. The number of nitrogens with one attached hydrogen (secondary N) is 2. The maximum atomic E-state index is 5.99. The van der Waals surface area contributed by atoms with Crippen LogP contribution in [0.25, 0.3) is 0 Å². The van der Waals surface area contributed by atoms with Gasteiger partial charge in [0.05, 0.1) is 12.6 Å². The number of rotatable bonds is 10. The van der Waals surface area contributed by atoms with E-state index < -0.39 is 0 Å². The van der Waals surface area contributed by atoms with Gasteiger partial charge in [0.1, 0.15) is 0 Å². The Balaban J connectivity index is 0.00000312. The van der Waals surface area contributed by atoms with Gasteiger partial charge in [-0.3, -0.25) is 4.99 Å². The van der Waals surface area contributed by atoms with E-state index in [9.17, 15) is 0 Å². The van der Waals surface area contributed by atoms with Crippen LogP contribution in [0, 0.1) is 5.92 Å². The number of hydrogen-bond acceptors (Lipinski definition) is 3. The van der Waals surface area contributed by atoms with Crippen molar-refractivity contribution >= 4 is 29.9 Å². The quantitative estimate of drug-likeness (QED) is 0.225. The minimum Gasteiger partial charge on any atom is -0.378 e. The Morgan fingerprint density at radius 2 is 1.84 bits per heavy atom. The summed E-state index contributed by atoms with van der Waals surface area (Å²) in [4.78, 5) is 7.12. The zero-order chi connectivity index (χ0) is 17.2. The highest BCUT2D eigenvalue weighted by Crippen LogP contribution is 2.34. The van der Waals surface area contributed by atoms with Gasteiger partial charge in [-0.15, -0.1) is 24.0 Å². The zero-order valence-electron chi connectivity index (χ0n) is 16.4. The molecule has 2 aliphatic carbocycles. The van der Waals surface area contributed by atoms with Gasteiger partial charge in [-0.05, 0) is 59.0 Å². The number of halogens is 1. The predicted octanol–water partition coefficient (Wildman–Crippen LogP) is 3.24.